The summed E-state index contributed by atoms with van der Waals surface area (Å²) >= 11 is 0. The smallest absolute Gasteiger partial charge is 0.317 e. The number of nitrogens with zero attached hydrogens (tertiary/aromatic N) is 1. The highest BCUT2D eigenvalue weighted by atomic mass is 16.2. The van der Waals surface area contributed by atoms with E-state index >= 15 is 0 Å². The van der Waals surface area contributed by atoms with E-state index < -0.39 is 0 Å². The van der Waals surface area contributed by atoms with E-state index in [0.717, 1.165) is 38.5 Å². The maximum Gasteiger partial charge on any atom is 0.317 e. The molecular formula is C13H25N3O. The molecule has 0 aliphatic heterocycles. The molecule has 0 radical (unpaired) electrons. The summed E-state index contributed by atoms with van der Waals surface area (Å²) in [5.74, 6) is 0. The molecule has 0 heterocycles. The van der Waals surface area contributed by atoms with Crippen LogP contribution in [0, 0.1) is 0 Å². The van der Waals surface area contributed by atoms with Gasteiger partial charge in [-0.3, -0.25) is 0 Å². The number of carbonyl (C=O) groups is 1. The quantitative estimate of drug-likeness (QED) is 0.772. The van der Waals surface area contributed by atoms with E-state index in [1.54, 1.807) is 0 Å². The van der Waals surface area contributed by atoms with Gasteiger partial charge in [0.1, 0.15) is 0 Å². The van der Waals surface area contributed by atoms with Crippen molar-refractivity contribution in [3.63, 3.8) is 0 Å². The van der Waals surface area contributed by atoms with Gasteiger partial charge in [-0.05, 0) is 38.5 Å². The van der Waals surface area contributed by atoms with E-state index in [1.165, 1.54) is 12.8 Å². The molecule has 3 N–H and O–H groups in total. The highest BCUT2D eigenvalue weighted by Gasteiger charge is 2.26. The molecular weight excluding hydrogens is 214 g/mol. The molecule has 0 aromatic heterocycles. The molecule has 0 bridgehead atoms. The van der Waals surface area contributed by atoms with E-state index in [1.807, 2.05) is 11.9 Å². The molecule has 2 aliphatic rings. The predicted molar refractivity (Wildman–Crippen MR) is 68.8 cm³/mol. The zero-order valence-electron chi connectivity index (χ0n) is 10.8. The van der Waals surface area contributed by atoms with E-state index in [2.05, 4.69) is 5.32 Å². The number of hydrogen-bond donors (Lipinski definition) is 2. The lowest BCUT2D eigenvalue weighted by molar-refractivity contribution is 0.166. The van der Waals surface area contributed by atoms with Gasteiger partial charge < -0.3 is 16.0 Å². The fraction of sp³-hybridized carbons (Fsp3) is 0.923. The molecule has 2 aliphatic carbocycles. The first-order valence-electron chi connectivity index (χ1n) is 6.95. The predicted octanol–water partition coefficient (Wildman–Crippen LogP) is 1.84. The second kappa shape index (κ2) is 5.71. The van der Waals surface area contributed by atoms with Gasteiger partial charge in [0.2, 0.25) is 0 Å². The highest BCUT2D eigenvalue weighted by molar-refractivity contribution is 5.74. The average molecular weight is 239 g/mol. The molecule has 98 valence electrons. The van der Waals surface area contributed by atoms with Crippen molar-refractivity contribution >= 4 is 6.03 Å². The minimum Gasteiger partial charge on any atom is -0.335 e. The van der Waals surface area contributed by atoms with Crippen LogP contribution in [0.1, 0.15) is 51.4 Å². The summed E-state index contributed by atoms with van der Waals surface area (Å²) in [6, 6.07) is 1.25. The Hall–Kier alpha value is -0.770. The summed E-state index contributed by atoms with van der Waals surface area (Å²) < 4.78 is 0. The van der Waals surface area contributed by atoms with Crippen LogP contribution in [-0.2, 0) is 0 Å². The lowest BCUT2D eigenvalue weighted by Gasteiger charge is -2.34. The van der Waals surface area contributed by atoms with Crippen LogP contribution in [0.4, 0.5) is 4.79 Å². The molecule has 4 heteroatoms. The summed E-state index contributed by atoms with van der Waals surface area (Å²) in [5.41, 5.74) is 5.89. The lowest BCUT2D eigenvalue weighted by Crippen LogP contribution is -2.48. The maximum absolute atomic E-state index is 12.1. The largest absolute Gasteiger partial charge is 0.335 e. The number of rotatable bonds is 2. The number of nitrogens with one attached hydrogen (secondary N) is 1. The van der Waals surface area contributed by atoms with Crippen LogP contribution in [0.5, 0.6) is 0 Å². The second-order valence-corrected chi connectivity index (χ2v) is 5.61. The van der Waals surface area contributed by atoms with Crippen LogP contribution in [0.3, 0.4) is 0 Å². The molecule has 2 amide bonds. The van der Waals surface area contributed by atoms with Crippen molar-refractivity contribution in [2.24, 2.45) is 5.73 Å². The van der Waals surface area contributed by atoms with Crippen molar-refractivity contribution in [2.75, 3.05) is 7.05 Å². The topological polar surface area (TPSA) is 58.4 Å². The van der Waals surface area contributed by atoms with Gasteiger partial charge in [0.05, 0.1) is 0 Å². The molecule has 0 aromatic carbocycles. The van der Waals surface area contributed by atoms with Gasteiger partial charge in [-0.15, -0.1) is 0 Å². The van der Waals surface area contributed by atoms with Gasteiger partial charge in [0, 0.05) is 25.2 Å². The van der Waals surface area contributed by atoms with Crippen molar-refractivity contribution in [3.05, 3.63) is 0 Å². The minimum absolute atomic E-state index is 0.109. The second-order valence-electron chi connectivity index (χ2n) is 5.61. The Labute approximate surface area is 104 Å². The first kappa shape index (κ1) is 12.7. The van der Waals surface area contributed by atoms with Crippen molar-refractivity contribution in [2.45, 2.75) is 69.5 Å². The third kappa shape index (κ3) is 3.35. The fourth-order valence-electron chi connectivity index (χ4n) is 3.00. The van der Waals surface area contributed by atoms with E-state index in [9.17, 15) is 4.79 Å². The molecule has 17 heavy (non-hydrogen) atoms. The summed E-state index contributed by atoms with van der Waals surface area (Å²) in [6.45, 7) is 0. The van der Waals surface area contributed by atoms with Gasteiger partial charge in [-0.1, -0.05) is 12.8 Å². The zero-order chi connectivity index (χ0) is 12.3. The minimum atomic E-state index is 0.109. The van der Waals surface area contributed by atoms with Crippen molar-refractivity contribution in [1.82, 2.24) is 10.2 Å². The van der Waals surface area contributed by atoms with E-state index in [0.29, 0.717) is 18.1 Å². The normalized spacial score (nSPS) is 30.2. The van der Waals surface area contributed by atoms with Crippen LogP contribution in [0.15, 0.2) is 0 Å². The Bertz CT molecular complexity index is 255. The first-order valence-corrected chi connectivity index (χ1v) is 6.95. The number of nitrogens with two attached hydrogens (primary N) is 1. The standard InChI is InChI=1S/C13H25N3O/c1-16(12-8-6-10(14)7-9-12)13(17)15-11-4-2-3-5-11/h10-12H,2-9,14H2,1H3,(H,15,17). The average Bonchev–Trinajstić information content (AvgIpc) is 2.82. The Morgan fingerprint density at radius 2 is 1.71 bits per heavy atom. The van der Waals surface area contributed by atoms with E-state index in [4.69, 9.17) is 5.73 Å². The Balaban J connectivity index is 1.77. The third-order valence-corrected chi connectivity index (χ3v) is 4.29. The molecule has 2 rings (SSSR count). The molecule has 0 unspecified atom stereocenters. The molecule has 4 nitrogen and oxygen atoms in total. The van der Waals surface area contributed by atoms with Crippen LogP contribution < -0.4 is 11.1 Å². The molecule has 0 saturated heterocycles. The van der Waals surface area contributed by atoms with Crippen LogP contribution in [-0.4, -0.2) is 36.1 Å². The fourth-order valence-corrected chi connectivity index (χ4v) is 3.00. The van der Waals surface area contributed by atoms with Crippen LogP contribution in [0.25, 0.3) is 0 Å². The van der Waals surface area contributed by atoms with Crippen LogP contribution >= 0.6 is 0 Å². The zero-order valence-corrected chi connectivity index (χ0v) is 10.8. The third-order valence-electron chi connectivity index (χ3n) is 4.29. The monoisotopic (exact) mass is 239 g/mol. The number of carbonyl (C=O) groups excluding carboxylic acids is 1. The number of hydrogen-bond acceptors (Lipinski definition) is 2. The highest BCUT2D eigenvalue weighted by Crippen LogP contribution is 2.22. The Morgan fingerprint density at radius 3 is 2.29 bits per heavy atom. The first-order chi connectivity index (χ1) is 8.16. The lowest BCUT2D eigenvalue weighted by atomic mass is 9.91. The summed E-state index contributed by atoms with van der Waals surface area (Å²) in [6.07, 6.45) is 9.01. The summed E-state index contributed by atoms with van der Waals surface area (Å²) in [5, 5.41) is 3.14. The summed E-state index contributed by atoms with van der Waals surface area (Å²) in [4.78, 5) is 14.0. The van der Waals surface area contributed by atoms with Gasteiger partial charge in [-0.25, -0.2) is 4.79 Å². The van der Waals surface area contributed by atoms with Crippen molar-refractivity contribution < 1.29 is 4.79 Å². The molecule has 0 aromatic rings. The maximum atomic E-state index is 12.1. The SMILES string of the molecule is CN(C(=O)NC1CCCC1)C1CCC(N)CC1. The molecule has 0 atom stereocenters. The summed E-state index contributed by atoms with van der Waals surface area (Å²) in [7, 11) is 1.92. The van der Waals surface area contributed by atoms with Crippen LogP contribution in [0.2, 0.25) is 0 Å². The van der Waals surface area contributed by atoms with Gasteiger partial charge in [0.15, 0.2) is 0 Å². The molecule has 0 spiro atoms. The number of urea groups is 1. The Morgan fingerprint density at radius 1 is 1.12 bits per heavy atom. The van der Waals surface area contributed by atoms with Gasteiger partial charge in [-0.2, -0.15) is 0 Å². The van der Waals surface area contributed by atoms with Gasteiger partial charge in [0.25, 0.3) is 0 Å². The van der Waals surface area contributed by atoms with Crippen molar-refractivity contribution in [1.29, 1.82) is 0 Å². The van der Waals surface area contributed by atoms with Gasteiger partial charge >= 0.3 is 6.03 Å². The van der Waals surface area contributed by atoms with Crippen molar-refractivity contribution in [3.8, 4) is 0 Å². The molecule has 2 saturated carbocycles. The number of amides is 2. The molecule has 2 fully saturated rings. The van der Waals surface area contributed by atoms with E-state index in [-0.39, 0.29) is 6.03 Å². The Kier molecular flexibility index (Phi) is 4.26.